The number of nitrogens with two attached hydrogens (primary N) is 1. The van der Waals surface area contributed by atoms with Gasteiger partial charge in [-0.1, -0.05) is 0 Å². The number of rotatable bonds is 3. The van der Waals surface area contributed by atoms with Gasteiger partial charge in [-0.25, -0.2) is 0 Å². The van der Waals surface area contributed by atoms with Crippen LogP contribution < -0.4 is 11.1 Å². The van der Waals surface area contributed by atoms with Crippen LogP contribution in [-0.2, 0) is 6.54 Å². The van der Waals surface area contributed by atoms with Crippen LogP contribution in [-0.4, -0.2) is 20.2 Å². The molecule has 74 valence electrons. The molecule has 0 amide bonds. The molecule has 2 rings (SSSR count). The van der Waals surface area contributed by atoms with E-state index in [1.807, 2.05) is 19.1 Å². The van der Waals surface area contributed by atoms with Crippen LogP contribution in [0.2, 0.25) is 0 Å². The van der Waals surface area contributed by atoms with E-state index >= 15 is 0 Å². The second kappa shape index (κ2) is 3.41. The molecule has 6 heteroatoms. The zero-order valence-corrected chi connectivity index (χ0v) is 7.83. The number of aryl methyl sites for hydroxylation is 1. The second-order valence-corrected chi connectivity index (χ2v) is 3.08. The Balaban J connectivity index is 1.94. The maximum atomic E-state index is 5.37. The lowest BCUT2D eigenvalue weighted by atomic mass is 10.4. The number of aromatic nitrogens is 4. The van der Waals surface area contributed by atoms with Gasteiger partial charge < -0.3 is 16.0 Å². The first-order chi connectivity index (χ1) is 6.74. The Hall–Kier alpha value is -1.98. The molecule has 0 spiro atoms. The van der Waals surface area contributed by atoms with E-state index < -0.39 is 0 Å². The fraction of sp³-hybridized carbons (Fsp3) is 0.250. The summed E-state index contributed by atoms with van der Waals surface area (Å²) in [6.07, 6.45) is 0. The van der Waals surface area contributed by atoms with E-state index in [1.165, 1.54) is 0 Å². The molecular weight excluding hydrogens is 180 g/mol. The Morgan fingerprint density at radius 1 is 1.36 bits per heavy atom. The van der Waals surface area contributed by atoms with E-state index in [1.54, 1.807) is 0 Å². The van der Waals surface area contributed by atoms with Gasteiger partial charge in [-0.15, -0.1) is 10.2 Å². The van der Waals surface area contributed by atoms with Gasteiger partial charge in [-0.05, 0) is 19.1 Å². The summed E-state index contributed by atoms with van der Waals surface area (Å²) in [6, 6.07) is 4.04. The zero-order valence-electron chi connectivity index (χ0n) is 7.83. The molecule has 0 fully saturated rings. The minimum absolute atomic E-state index is 0.315. The van der Waals surface area contributed by atoms with Crippen LogP contribution in [0.25, 0.3) is 0 Å². The SMILES string of the molecule is Cc1ccc(CNc2nnc(N)[nH]2)[nH]1. The molecule has 0 aliphatic rings. The lowest BCUT2D eigenvalue weighted by Gasteiger charge is -1.98. The molecule has 0 saturated heterocycles. The molecule has 5 N–H and O–H groups in total. The summed E-state index contributed by atoms with van der Waals surface area (Å²) in [4.78, 5) is 5.98. The number of aromatic amines is 2. The largest absolute Gasteiger partial charge is 0.368 e. The molecule has 2 heterocycles. The summed E-state index contributed by atoms with van der Waals surface area (Å²) in [5.74, 6) is 0.893. The van der Waals surface area contributed by atoms with Crippen molar-refractivity contribution in [1.29, 1.82) is 0 Å². The molecule has 0 unspecified atom stereocenters. The van der Waals surface area contributed by atoms with E-state index in [-0.39, 0.29) is 0 Å². The van der Waals surface area contributed by atoms with Crippen molar-refractivity contribution < 1.29 is 0 Å². The third-order valence-corrected chi connectivity index (χ3v) is 1.84. The number of H-pyrrole nitrogens is 2. The van der Waals surface area contributed by atoms with Gasteiger partial charge in [0.25, 0.3) is 0 Å². The predicted octanol–water partition coefficient (Wildman–Crippen LogP) is 0.636. The molecule has 0 aromatic carbocycles. The van der Waals surface area contributed by atoms with Gasteiger partial charge in [0.1, 0.15) is 0 Å². The molecule has 0 bridgehead atoms. The van der Waals surface area contributed by atoms with Crippen LogP contribution >= 0.6 is 0 Å². The summed E-state index contributed by atoms with van der Waals surface area (Å²) < 4.78 is 0. The monoisotopic (exact) mass is 192 g/mol. The van der Waals surface area contributed by atoms with E-state index in [2.05, 4.69) is 25.5 Å². The predicted molar refractivity (Wildman–Crippen MR) is 53.7 cm³/mol. The zero-order chi connectivity index (χ0) is 9.97. The fourth-order valence-electron chi connectivity index (χ4n) is 1.20. The number of nitrogens with one attached hydrogen (secondary N) is 3. The number of nitrogen functional groups attached to an aromatic ring is 1. The van der Waals surface area contributed by atoms with Gasteiger partial charge in [0.2, 0.25) is 11.9 Å². The highest BCUT2D eigenvalue weighted by molar-refractivity contribution is 5.30. The summed E-state index contributed by atoms with van der Waals surface area (Å²) in [5, 5.41) is 10.5. The lowest BCUT2D eigenvalue weighted by molar-refractivity contribution is 1.01. The van der Waals surface area contributed by atoms with Crippen molar-refractivity contribution in [3.63, 3.8) is 0 Å². The summed E-state index contributed by atoms with van der Waals surface area (Å²) in [5.41, 5.74) is 7.61. The molecule has 2 aromatic heterocycles. The minimum Gasteiger partial charge on any atom is -0.368 e. The second-order valence-electron chi connectivity index (χ2n) is 3.08. The van der Waals surface area contributed by atoms with Crippen molar-refractivity contribution in [2.45, 2.75) is 13.5 Å². The van der Waals surface area contributed by atoms with Crippen LogP contribution in [0.15, 0.2) is 12.1 Å². The van der Waals surface area contributed by atoms with Crippen LogP contribution in [0.4, 0.5) is 11.9 Å². The Morgan fingerprint density at radius 2 is 2.21 bits per heavy atom. The summed E-state index contributed by atoms with van der Waals surface area (Å²) in [7, 11) is 0. The van der Waals surface area contributed by atoms with E-state index in [4.69, 9.17) is 5.73 Å². The molecule has 0 aliphatic carbocycles. The normalized spacial score (nSPS) is 10.4. The van der Waals surface area contributed by atoms with Crippen molar-refractivity contribution in [3.8, 4) is 0 Å². The smallest absolute Gasteiger partial charge is 0.223 e. The molecule has 0 aliphatic heterocycles. The Bertz CT molecular complexity index is 375. The maximum Gasteiger partial charge on any atom is 0.223 e. The Kier molecular flexibility index (Phi) is 2.10. The lowest BCUT2D eigenvalue weighted by Crippen LogP contribution is -2.01. The Labute approximate surface area is 80.9 Å². The first-order valence-corrected chi connectivity index (χ1v) is 4.30. The van der Waals surface area contributed by atoms with Crippen molar-refractivity contribution in [2.24, 2.45) is 0 Å². The van der Waals surface area contributed by atoms with E-state index in [9.17, 15) is 0 Å². The number of hydrogen-bond donors (Lipinski definition) is 4. The van der Waals surface area contributed by atoms with Crippen molar-refractivity contribution in [2.75, 3.05) is 11.1 Å². The molecule has 14 heavy (non-hydrogen) atoms. The standard InChI is InChI=1S/C8H12N6/c1-5-2-3-6(11-5)4-10-8-12-7(9)13-14-8/h2-3,11H,4H2,1H3,(H4,9,10,12,13,14). The van der Waals surface area contributed by atoms with E-state index in [0.29, 0.717) is 18.4 Å². The van der Waals surface area contributed by atoms with Gasteiger partial charge in [0.05, 0.1) is 6.54 Å². The van der Waals surface area contributed by atoms with Crippen LogP contribution in [0.5, 0.6) is 0 Å². The van der Waals surface area contributed by atoms with E-state index in [0.717, 1.165) is 11.4 Å². The third-order valence-electron chi connectivity index (χ3n) is 1.84. The van der Waals surface area contributed by atoms with Gasteiger partial charge in [0.15, 0.2) is 0 Å². The molecular formula is C8H12N6. The third kappa shape index (κ3) is 1.85. The van der Waals surface area contributed by atoms with Gasteiger partial charge in [0, 0.05) is 11.4 Å². The molecule has 6 nitrogen and oxygen atoms in total. The average Bonchev–Trinajstić information content (AvgIpc) is 2.72. The first kappa shape index (κ1) is 8.61. The number of nitrogens with zero attached hydrogens (tertiary/aromatic N) is 2. The molecule has 0 saturated carbocycles. The highest BCUT2D eigenvalue weighted by Crippen LogP contribution is 2.04. The van der Waals surface area contributed by atoms with Crippen molar-refractivity contribution >= 4 is 11.9 Å². The van der Waals surface area contributed by atoms with Gasteiger partial charge in [-0.3, -0.25) is 4.98 Å². The Morgan fingerprint density at radius 3 is 2.79 bits per heavy atom. The van der Waals surface area contributed by atoms with Gasteiger partial charge in [-0.2, -0.15) is 0 Å². The van der Waals surface area contributed by atoms with Crippen LogP contribution in [0, 0.1) is 6.92 Å². The van der Waals surface area contributed by atoms with Crippen molar-refractivity contribution in [1.82, 2.24) is 20.2 Å². The number of anilines is 2. The molecule has 0 atom stereocenters. The average molecular weight is 192 g/mol. The summed E-state index contributed by atoms with van der Waals surface area (Å²) in [6.45, 7) is 2.68. The molecule has 0 radical (unpaired) electrons. The maximum absolute atomic E-state index is 5.37. The highest BCUT2D eigenvalue weighted by atomic mass is 15.3. The first-order valence-electron chi connectivity index (χ1n) is 4.30. The number of hydrogen-bond acceptors (Lipinski definition) is 4. The minimum atomic E-state index is 0.315. The molecule has 2 aromatic rings. The fourth-order valence-corrected chi connectivity index (χ4v) is 1.20. The van der Waals surface area contributed by atoms with Crippen LogP contribution in [0.1, 0.15) is 11.4 Å². The summed E-state index contributed by atoms with van der Waals surface area (Å²) >= 11 is 0. The topological polar surface area (TPSA) is 95.4 Å². The van der Waals surface area contributed by atoms with Gasteiger partial charge >= 0.3 is 0 Å². The van der Waals surface area contributed by atoms with Crippen LogP contribution in [0.3, 0.4) is 0 Å². The quantitative estimate of drug-likeness (QED) is 0.573. The highest BCUT2D eigenvalue weighted by Gasteiger charge is 1.99. The van der Waals surface area contributed by atoms with Crippen molar-refractivity contribution in [3.05, 3.63) is 23.5 Å².